The standard InChI is InChI=1S/C26H28N6S/c1-21-6-5-9-24(18-21)32-25(23-7-3-2-4-8-23)28-31(26(32)33)20-30-16-14-29(15-17-30)19-22-10-12-27-13-11-22/h2-13,18H,14-17,19-20H2,1H3. The molecule has 0 radical (unpaired) electrons. The lowest BCUT2D eigenvalue weighted by Gasteiger charge is -2.34. The number of rotatable bonds is 6. The maximum atomic E-state index is 5.94. The zero-order valence-corrected chi connectivity index (χ0v) is 19.7. The largest absolute Gasteiger partial charge is 0.297 e. The molecule has 0 spiro atoms. The van der Waals surface area contributed by atoms with Crippen LogP contribution < -0.4 is 0 Å². The van der Waals surface area contributed by atoms with E-state index in [0.717, 1.165) is 54.6 Å². The van der Waals surface area contributed by atoms with Crippen LogP contribution in [0, 0.1) is 11.7 Å². The van der Waals surface area contributed by atoms with Crippen molar-refractivity contribution in [1.82, 2.24) is 29.1 Å². The Balaban J connectivity index is 1.36. The van der Waals surface area contributed by atoms with E-state index in [2.05, 4.69) is 74.8 Å². The Morgan fingerprint density at radius 1 is 0.848 bits per heavy atom. The van der Waals surface area contributed by atoms with Gasteiger partial charge in [-0.1, -0.05) is 42.5 Å². The van der Waals surface area contributed by atoms with E-state index < -0.39 is 0 Å². The highest BCUT2D eigenvalue weighted by atomic mass is 32.1. The highest BCUT2D eigenvalue weighted by molar-refractivity contribution is 7.71. The normalized spacial score (nSPS) is 15.1. The molecule has 1 aliphatic rings. The van der Waals surface area contributed by atoms with Crippen molar-refractivity contribution in [3.8, 4) is 17.1 Å². The third-order valence-electron chi connectivity index (χ3n) is 6.09. The number of nitrogens with zero attached hydrogens (tertiary/aromatic N) is 6. The average molecular weight is 457 g/mol. The van der Waals surface area contributed by atoms with E-state index in [9.17, 15) is 0 Å². The number of aryl methyl sites for hydroxylation is 1. The third-order valence-corrected chi connectivity index (χ3v) is 6.48. The lowest BCUT2D eigenvalue weighted by atomic mass is 10.2. The van der Waals surface area contributed by atoms with E-state index in [4.69, 9.17) is 17.3 Å². The van der Waals surface area contributed by atoms with Gasteiger partial charge < -0.3 is 0 Å². The number of aromatic nitrogens is 4. The quantitative estimate of drug-likeness (QED) is 0.398. The lowest BCUT2D eigenvalue weighted by Crippen LogP contribution is -2.46. The van der Waals surface area contributed by atoms with Crippen LogP contribution in [0.5, 0.6) is 0 Å². The monoisotopic (exact) mass is 456 g/mol. The summed E-state index contributed by atoms with van der Waals surface area (Å²) in [6.07, 6.45) is 3.73. The molecule has 1 fully saturated rings. The summed E-state index contributed by atoms with van der Waals surface area (Å²) < 4.78 is 4.79. The zero-order valence-electron chi connectivity index (χ0n) is 18.8. The summed E-state index contributed by atoms with van der Waals surface area (Å²) in [4.78, 5) is 9.04. The minimum atomic E-state index is 0.695. The molecule has 33 heavy (non-hydrogen) atoms. The second-order valence-electron chi connectivity index (χ2n) is 8.54. The summed E-state index contributed by atoms with van der Waals surface area (Å²) in [5.74, 6) is 0.877. The molecule has 0 amide bonds. The molecule has 3 heterocycles. The molecule has 1 aliphatic heterocycles. The summed E-state index contributed by atoms with van der Waals surface area (Å²) in [7, 11) is 0. The number of benzene rings is 2. The van der Waals surface area contributed by atoms with Crippen LogP contribution in [0.15, 0.2) is 79.1 Å². The van der Waals surface area contributed by atoms with Crippen LogP contribution in [-0.2, 0) is 13.2 Å². The van der Waals surface area contributed by atoms with E-state index in [1.54, 1.807) is 0 Å². The highest BCUT2D eigenvalue weighted by Crippen LogP contribution is 2.23. The van der Waals surface area contributed by atoms with Gasteiger partial charge in [0.25, 0.3) is 0 Å². The lowest BCUT2D eigenvalue weighted by molar-refractivity contribution is 0.0981. The number of piperazine rings is 1. The third kappa shape index (κ3) is 4.95. The Morgan fingerprint density at radius 3 is 2.30 bits per heavy atom. The van der Waals surface area contributed by atoms with E-state index in [0.29, 0.717) is 6.67 Å². The fourth-order valence-electron chi connectivity index (χ4n) is 4.30. The molecule has 2 aromatic carbocycles. The smallest absolute Gasteiger partial charge is 0.204 e. The first kappa shape index (κ1) is 21.7. The second kappa shape index (κ2) is 9.79. The van der Waals surface area contributed by atoms with Crippen LogP contribution in [0.4, 0.5) is 0 Å². The summed E-state index contributed by atoms with van der Waals surface area (Å²) in [6.45, 7) is 7.80. The van der Waals surface area contributed by atoms with Crippen molar-refractivity contribution < 1.29 is 0 Å². The van der Waals surface area contributed by atoms with Crippen molar-refractivity contribution in [2.75, 3.05) is 26.2 Å². The first-order valence-electron chi connectivity index (χ1n) is 11.3. The first-order valence-corrected chi connectivity index (χ1v) is 11.7. The minimum absolute atomic E-state index is 0.695. The molecular weight excluding hydrogens is 428 g/mol. The fourth-order valence-corrected chi connectivity index (χ4v) is 4.59. The minimum Gasteiger partial charge on any atom is -0.297 e. The van der Waals surface area contributed by atoms with E-state index in [1.807, 2.05) is 35.3 Å². The molecule has 0 N–H and O–H groups in total. The molecular formula is C26H28N6S. The highest BCUT2D eigenvalue weighted by Gasteiger charge is 2.20. The van der Waals surface area contributed by atoms with Crippen LogP contribution in [0.2, 0.25) is 0 Å². The van der Waals surface area contributed by atoms with E-state index in [1.165, 1.54) is 11.1 Å². The van der Waals surface area contributed by atoms with Gasteiger partial charge in [0, 0.05) is 50.7 Å². The predicted octanol–water partition coefficient (Wildman–Crippen LogP) is 4.55. The van der Waals surface area contributed by atoms with Gasteiger partial charge in [0.15, 0.2) is 5.82 Å². The molecule has 7 heteroatoms. The molecule has 1 saturated heterocycles. The fraction of sp³-hybridized carbons (Fsp3) is 0.269. The van der Waals surface area contributed by atoms with Crippen LogP contribution in [0.1, 0.15) is 11.1 Å². The van der Waals surface area contributed by atoms with E-state index in [-0.39, 0.29) is 0 Å². The van der Waals surface area contributed by atoms with Gasteiger partial charge in [-0.25, -0.2) is 4.68 Å². The molecule has 0 aliphatic carbocycles. The van der Waals surface area contributed by atoms with Crippen molar-refractivity contribution in [1.29, 1.82) is 0 Å². The van der Waals surface area contributed by atoms with Gasteiger partial charge in [-0.15, -0.1) is 5.10 Å². The number of pyridine rings is 1. The molecule has 4 aromatic rings. The maximum Gasteiger partial charge on any atom is 0.204 e. The molecule has 5 rings (SSSR count). The Bertz CT molecular complexity index is 1260. The van der Waals surface area contributed by atoms with Gasteiger partial charge in [0.1, 0.15) is 0 Å². The molecule has 0 saturated carbocycles. The molecule has 168 valence electrons. The summed E-state index contributed by atoms with van der Waals surface area (Å²) in [5, 5.41) is 4.98. The zero-order chi connectivity index (χ0) is 22.6. The van der Waals surface area contributed by atoms with Crippen LogP contribution in [0.3, 0.4) is 0 Å². The SMILES string of the molecule is Cc1cccc(-n2c(-c3ccccc3)nn(CN3CCN(Cc4ccncc4)CC3)c2=S)c1. The number of hydrogen-bond donors (Lipinski definition) is 0. The molecule has 0 unspecified atom stereocenters. The van der Waals surface area contributed by atoms with Gasteiger partial charge in [-0.2, -0.15) is 0 Å². The molecule has 6 nitrogen and oxygen atoms in total. The Labute approximate surface area is 199 Å². The molecule has 2 aromatic heterocycles. The van der Waals surface area contributed by atoms with Gasteiger partial charge >= 0.3 is 0 Å². The van der Waals surface area contributed by atoms with Gasteiger partial charge in [-0.05, 0) is 54.5 Å². The molecule has 0 atom stereocenters. The Kier molecular flexibility index (Phi) is 6.44. The van der Waals surface area contributed by atoms with Crippen LogP contribution in [0.25, 0.3) is 17.1 Å². The van der Waals surface area contributed by atoms with Crippen molar-refractivity contribution in [2.24, 2.45) is 0 Å². The predicted molar refractivity (Wildman–Crippen MR) is 134 cm³/mol. The number of hydrogen-bond acceptors (Lipinski definition) is 5. The van der Waals surface area contributed by atoms with E-state index >= 15 is 0 Å². The molecule has 0 bridgehead atoms. The maximum absolute atomic E-state index is 5.94. The van der Waals surface area contributed by atoms with Crippen LogP contribution in [-0.4, -0.2) is 55.3 Å². The average Bonchev–Trinajstić information content (AvgIpc) is 3.17. The second-order valence-corrected chi connectivity index (χ2v) is 8.90. The summed E-state index contributed by atoms with van der Waals surface area (Å²) in [5.41, 5.74) is 4.62. The van der Waals surface area contributed by atoms with Crippen molar-refractivity contribution in [2.45, 2.75) is 20.1 Å². The topological polar surface area (TPSA) is 42.1 Å². The van der Waals surface area contributed by atoms with Gasteiger partial charge in [0.05, 0.1) is 12.4 Å². The first-order chi connectivity index (χ1) is 16.2. The Morgan fingerprint density at radius 2 is 1.58 bits per heavy atom. The van der Waals surface area contributed by atoms with Crippen molar-refractivity contribution >= 4 is 12.2 Å². The summed E-state index contributed by atoms with van der Waals surface area (Å²) >= 11 is 5.94. The summed E-state index contributed by atoms with van der Waals surface area (Å²) in [6, 6.07) is 22.9. The van der Waals surface area contributed by atoms with Crippen LogP contribution >= 0.6 is 12.2 Å². The van der Waals surface area contributed by atoms with Gasteiger partial charge in [0.2, 0.25) is 4.77 Å². The Hall–Kier alpha value is -3.13. The van der Waals surface area contributed by atoms with Gasteiger partial charge in [-0.3, -0.25) is 19.4 Å². The van der Waals surface area contributed by atoms with Crippen molar-refractivity contribution in [3.05, 3.63) is 95.0 Å². The van der Waals surface area contributed by atoms with Crippen molar-refractivity contribution in [3.63, 3.8) is 0 Å².